The summed E-state index contributed by atoms with van der Waals surface area (Å²) in [5.74, 6) is -6.75. The van der Waals surface area contributed by atoms with Crippen LogP contribution >= 0.6 is 0 Å². The van der Waals surface area contributed by atoms with Gasteiger partial charge < -0.3 is 17.7 Å². The van der Waals surface area contributed by atoms with Crippen molar-refractivity contribution in [1.29, 1.82) is 0 Å². The van der Waals surface area contributed by atoms with Crippen LogP contribution in [0, 0.1) is 27.7 Å². The van der Waals surface area contributed by atoms with E-state index in [0.717, 1.165) is 150 Å². The molecule has 12 aromatic heterocycles. The Hall–Kier alpha value is -10.7. The van der Waals surface area contributed by atoms with Gasteiger partial charge in [-0.3, -0.25) is 19.9 Å². The maximum Gasteiger partial charge on any atom is 0.216 e. The van der Waals surface area contributed by atoms with Crippen molar-refractivity contribution in [3.05, 3.63) is 240 Å². The van der Waals surface area contributed by atoms with Crippen molar-refractivity contribution in [2.24, 2.45) is 28.2 Å². The Labute approximate surface area is 583 Å². The van der Waals surface area contributed by atoms with Crippen LogP contribution in [0.2, 0.25) is 0 Å². The molecule has 0 amide bonds. The predicted octanol–water partition coefficient (Wildman–Crippen LogP) is 19.6. The highest BCUT2D eigenvalue weighted by Crippen LogP contribution is 2.41. The zero-order valence-electron chi connectivity index (χ0n) is 71.7. The van der Waals surface area contributed by atoms with E-state index in [1.165, 1.54) is 27.7 Å². The first kappa shape index (κ1) is 47.2. The molecule has 0 fully saturated rings. The first-order valence-corrected chi connectivity index (χ1v) is 31.5. The van der Waals surface area contributed by atoms with Gasteiger partial charge >= 0.3 is 0 Å². The third-order valence-corrected chi connectivity index (χ3v) is 17.8. The number of benzene rings is 4. The van der Waals surface area contributed by atoms with E-state index in [4.69, 9.17) is 39.6 Å². The molecule has 480 valence electrons. The third-order valence-electron chi connectivity index (χ3n) is 17.8. The van der Waals surface area contributed by atoms with Crippen LogP contribution in [0.5, 0.6) is 0 Å². The minimum absolute atomic E-state index is 0.436. The maximum absolute atomic E-state index is 8.34. The number of fused-ring (bicyclic) bond motifs is 12. The summed E-state index contributed by atoms with van der Waals surface area (Å²) in [4.78, 5) is 17.3. The van der Waals surface area contributed by atoms with E-state index in [1.54, 1.807) is 80.0 Å². The fourth-order valence-corrected chi connectivity index (χ4v) is 12.7. The highest BCUT2D eigenvalue weighted by Gasteiger charge is 2.27. The number of pyridine rings is 8. The zero-order valence-corrected chi connectivity index (χ0v) is 55.7. The topological polar surface area (TPSA) is 120 Å². The van der Waals surface area contributed by atoms with Crippen LogP contribution < -0.4 is 18.3 Å². The highest BCUT2D eigenvalue weighted by molar-refractivity contribution is 6.11. The molecule has 4 atom stereocenters. The van der Waals surface area contributed by atoms with Crippen molar-refractivity contribution >= 4 is 88.0 Å². The second kappa shape index (κ2) is 26.2. The summed E-state index contributed by atoms with van der Waals surface area (Å²) in [5, 5.41) is 5.86. The molecule has 0 N–H and O–H groups in total. The second-order valence-corrected chi connectivity index (χ2v) is 24.6. The summed E-state index contributed by atoms with van der Waals surface area (Å²) >= 11 is 0. The molecule has 4 unspecified atom stereocenters. The van der Waals surface area contributed by atoms with Gasteiger partial charge in [0.2, 0.25) is 22.8 Å². The quantitative estimate of drug-likeness (QED) is 0.138. The lowest BCUT2D eigenvalue weighted by molar-refractivity contribution is -0.661. The van der Waals surface area contributed by atoms with Crippen molar-refractivity contribution in [3.63, 3.8) is 0 Å². The minimum atomic E-state index is -2.42. The molecule has 0 aliphatic carbocycles. The number of nitrogens with zero attached hydrogens (tertiary/aromatic N) is 8. The van der Waals surface area contributed by atoms with Crippen molar-refractivity contribution in [1.82, 2.24) is 19.9 Å². The average molecular weight is 1290 g/mol. The summed E-state index contributed by atoms with van der Waals surface area (Å²) in [5.41, 5.74) is 20.8. The SMILES string of the molecule is [2H]C([2H])([2H])C([2H])(C)c1ccc(-c2c(C)ccc3c2oc2cccnc23)[n+](C)c1.[2H]C([2H])([2H])C([2H])(C)c1ccc(-c2c(C)ccc3c2oc2ccncc23)[n+](C)c1.[2H]C([2H])([2H])C([2H])(C)c1ccc(-c2c(C)ccc3c2oc2cnccc23)[n+](C)c1.[2H]C([2H])([2H])C([2H])(C)c1ccc(-c2c(C)cnc3c2oc2ccccc23)[n+](C)c1. The van der Waals surface area contributed by atoms with Gasteiger partial charge in [-0.15, -0.1) is 0 Å². The molecule has 12 nitrogen and oxygen atoms in total. The second-order valence-electron chi connectivity index (χ2n) is 24.6. The smallest absolute Gasteiger partial charge is 0.216 e. The van der Waals surface area contributed by atoms with E-state index in [0.29, 0.717) is 27.8 Å². The lowest BCUT2D eigenvalue weighted by Gasteiger charge is -2.08. The molecule has 0 aliphatic rings. The van der Waals surface area contributed by atoms with Crippen molar-refractivity contribution < 1.29 is 57.9 Å². The van der Waals surface area contributed by atoms with Gasteiger partial charge in [-0.25, -0.2) is 18.3 Å². The number of para-hydroxylation sites is 1. The molecule has 16 aromatic rings. The van der Waals surface area contributed by atoms with Gasteiger partial charge in [0, 0.05) is 132 Å². The molecule has 4 aromatic carbocycles. The minimum Gasteiger partial charge on any atom is -0.455 e. The molecule has 0 saturated heterocycles. The highest BCUT2D eigenvalue weighted by atomic mass is 16.3. The van der Waals surface area contributed by atoms with E-state index in [-0.39, 0.29) is 0 Å². The number of aromatic nitrogens is 8. The van der Waals surface area contributed by atoms with Crippen LogP contribution in [0.4, 0.5) is 0 Å². The van der Waals surface area contributed by atoms with E-state index < -0.39 is 51.0 Å². The number of furan rings is 4. The summed E-state index contributed by atoms with van der Waals surface area (Å²) in [6.45, 7) is 4.06. The number of hydrogen-bond acceptors (Lipinski definition) is 8. The van der Waals surface area contributed by atoms with E-state index in [2.05, 4.69) is 26.0 Å². The Morgan fingerprint density at radius 1 is 0.333 bits per heavy atom. The van der Waals surface area contributed by atoms with Crippen LogP contribution in [0.1, 0.15) is 145 Å². The normalized spacial score (nSPS) is 17.1. The maximum atomic E-state index is 8.34. The molecule has 0 saturated carbocycles. The van der Waals surface area contributed by atoms with E-state index >= 15 is 0 Å². The van der Waals surface area contributed by atoms with Gasteiger partial charge in [0.05, 0.1) is 28.5 Å². The predicted molar refractivity (Wildman–Crippen MR) is 388 cm³/mol. The lowest BCUT2D eigenvalue weighted by atomic mass is 9.99. The first-order chi connectivity index (χ1) is 52.4. The molecular weight excluding hydrogens is 1180 g/mol. The molecule has 0 spiro atoms. The molecule has 12 heterocycles. The molecule has 16 rings (SSSR count). The van der Waals surface area contributed by atoms with Crippen molar-refractivity contribution in [2.75, 3.05) is 0 Å². The Kier molecular flexibility index (Phi) is 12.9. The van der Waals surface area contributed by atoms with Gasteiger partial charge in [0.25, 0.3) is 0 Å². The van der Waals surface area contributed by atoms with Crippen molar-refractivity contribution in [2.45, 2.75) is 106 Å². The standard InChI is InChI=1S/4C21H21N2O/c1-13(2)15-6-8-18(23(4)12-15)20-14(3)5-7-17-16-9-10-22-11-19(16)24-21(17)20;1-13(2)15-6-8-18(23(4)12-15)20-14(3)5-7-16-17-11-22-10-9-19(17)24-21(16)20;1-13(2)15-8-10-17(23(4)12-15)19-14(3)7-9-16-20-18(24-21(16)19)6-5-11-22-20;1-13(2)15-9-10-17(23(4)12-15)19-14(3)11-22-20-16-7-5-6-8-18(16)24-21(19)20/h4*5-13H,1-4H3/q4*+1/i4*1D3,13D. The van der Waals surface area contributed by atoms with Crippen LogP contribution in [0.3, 0.4) is 0 Å². The largest absolute Gasteiger partial charge is 0.455 e. The summed E-state index contributed by atoms with van der Waals surface area (Å²) in [6, 6.07) is 41.8. The van der Waals surface area contributed by atoms with Gasteiger partial charge in [-0.1, -0.05) is 97.6 Å². The monoisotopic (exact) mass is 1280 g/mol. The third kappa shape index (κ3) is 11.9. The molecular formula is C84H84N8O4+4. The molecule has 12 heteroatoms. The van der Waals surface area contributed by atoms with Gasteiger partial charge in [0.15, 0.2) is 47.1 Å². The number of aryl methyl sites for hydroxylation is 8. The van der Waals surface area contributed by atoms with Crippen molar-refractivity contribution in [3.8, 4) is 45.0 Å². The Morgan fingerprint density at radius 2 is 0.750 bits per heavy atom. The van der Waals surface area contributed by atoms with Crippen LogP contribution in [0.25, 0.3) is 133 Å². The lowest BCUT2D eigenvalue weighted by Crippen LogP contribution is -2.31. The van der Waals surface area contributed by atoms with Crippen LogP contribution in [0.15, 0.2) is 213 Å². The summed E-state index contributed by atoms with van der Waals surface area (Å²) in [6.07, 6.45) is 17.4. The Morgan fingerprint density at radius 3 is 1.27 bits per heavy atom. The fourth-order valence-electron chi connectivity index (χ4n) is 12.7. The zero-order chi connectivity index (χ0) is 81.1. The van der Waals surface area contributed by atoms with Gasteiger partial charge in [0.1, 0.15) is 61.6 Å². The van der Waals surface area contributed by atoms with E-state index in [1.807, 2.05) is 183 Å². The summed E-state index contributed by atoms with van der Waals surface area (Å²) < 4.78 is 157. The number of hydrogen-bond donors (Lipinski definition) is 0. The first-order valence-electron chi connectivity index (χ1n) is 39.5. The molecule has 96 heavy (non-hydrogen) atoms. The fraction of sp³-hybridized carbons (Fsp3) is 0.238. The van der Waals surface area contributed by atoms with Crippen LogP contribution in [-0.2, 0) is 28.2 Å². The Balaban J connectivity index is 0.000000131. The Bertz CT molecular complexity index is 5600. The van der Waals surface area contributed by atoms with E-state index in [9.17, 15) is 0 Å². The van der Waals surface area contributed by atoms with Gasteiger partial charge in [-0.05, 0) is 140 Å². The number of rotatable bonds is 8. The molecule has 0 bridgehead atoms. The average Bonchev–Trinajstić information content (AvgIpc) is 1.64. The summed E-state index contributed by atoms with van der Waals surface area (Å²) in [7, 11) is 7.42. The molecule has 0 aliphatic heterocycles. The van der Waals surface area contributed by atoms with Crippen LogP contribution in [-0.4, -0.2) is 19.9 Å². The molecule has 0 radical (unpaired) electrons. The van der Waals surface area contributed by atoms with Gasteiger partial charge in [-0.2, -0.15) is 0 Å².